The second-order valence-electron chi connectivity index (χ2n) is 19.0. The number of amides is 1. The fraction of sp³-hybridized carbons (Fsp3) is 0.683. The maximum absolute atomic E-state index is 13.2. The van der Waals surface area contributed by atoms with E-state index in [2.05, 4.69) is 123 Å². The highest BCUT2D eigenvalue weighted by molar-refractivity contribution is 5.77. The van der Waals surface area contributed by atoms with Gasteiger partial charge in [0.15, 0.2) is 0 Å². The van der Waals surface area contributed by atoms with Gasteiger partial charge in [-0.25, -0.2) is 0 Å². The van der Waals surface area contributed by atoms with Crippen molar-refractivity contribution in [2.75, 3.05) is 6.61 Å². The first-order chi connectivity index (χ1) is 34.0. The number of hydrogen-bond donors (Lipinski definition) is 3. The molecule has 69 heavy (non-hydrogen) atoms. The van der Waals surface area contributed by atoms with Crippen molar-refractivity contribution < 1.29 is 24.5 Å². The quantitative estimate of drug-likeness (QED) is 0.0321. The lowest BCUT2D eigenvalue weighted by Crippen LogP contribution is -2.46. The van der Waals surface area contributed by atoms with Gasteiger partial charge in [-0.05, 0) is 89.9 Å². The van der Waals surface area contributed by atoms with E-state index in [-0.39, 0.29) is 24.9 Å². The van der Waals surface area contributed by atoms with Crippen LogP contribution in [0.5, 0.6) is 0 Å². The Hall–Kier alpha value is -3.48. The predicted octanol–water partition coefficient (Wildman–Crippen LogP) is 17.8. The first-order valence-corrected chi connectivity index (χ1v) is 28.6. The minimum absolute atomic E-state index is 0.0195. The summed E-state index contributed by atoms with van der Waals surface area (Å²) in [4.78, 5) is 26.2. The van der Waals surface area contributed by atoms with E-state index in [4.69, 9.17) is 4.74 Å². The number of aliphatic hydroxyl groups is 2. The van der Waals surface area contributed by atoms with Crippen LogP contribution in [0.4, 0.5) is 0 Å². The summed E-state index contributed by atoms with van der Waals surface area (Å²) < 4.78 is 5.87. The molecule has 0 aliphatic rings. The van der Waals surface area contributed by atoms with Crippen molar-refractivity contribution in [2.45, 2.75) is 270 Å². The van der Waals surface area contributed by atoms with Crippen molar-refractivity contribution in [3.8, 4) is 0 Å². The summed E-state index contributed by atoms with van der Waals surface area (Å²) in [5, 5.41) is 23.8. The SMILES string of the molecule is CC/C=C\C/C=C\C/C=C\C/C=C\C/C=C\CC(CC(=O)NC(CO)C(O)CCCCCCCCCCCCCCCCCC)OC(=O)CCCCC/C=C\C/C=C\C/C=C\C/C=C\CCCCC. The summed E-state index contributed by atoms with van der Waals surface area (Å²) >= 11 is 0. The zero-order valence-electron chi connectivity index (χ0n) is 44.9. The number of rotatable bonds is 50. The lowest BCUT2D eigenvalue weighted by atomic mass is 10.0. The van der Waals surface area contributed by atoms with E-state index >= 15 is 0 Å². The molecule has 0 aromatic heterocycles. The topological polar surface area (TPSA) is 95.9 Å². The Morgan fingerprint density at radius 2 is 0.812 bits per heavy atom. The standard InChI is InChI=1S/C63H107NO5/c1-4-7-10-13-16-19-22-25-28-30-31-32-35-38-41-44-47-50-53-56-63(68)69-59(54-51-48-45-42-39-36-33-27-24-21-18-15-12-9-6-3)57-62(67)64-60(58-65)61(66)55-52-49-46-43-40-37-34-29-26-23-20-17-14-11-8-5-2/h9,12,16,18-19,21,25,27-28,31-33,38-39,41-42,48,51,59-61,65-66H,4-8,10-11,13-15,17,20,22-24,26,29-30,34-37,40,43-47,49-50,52-58H2,1-3H3,(H,64,67)/b12-9-,19-16-,21-18-,28-25-,32-31-,33-27-,41-38-,42-39-,51-48-. The first kappa shape index (κ1) is 65.5. The fourth-order valence-electron chi connectivity index (χ4n) is 8.02. The zero-order chi connectivity index (χ0) is 50.2. The van der Waals surface area contributed by atoms with Crippen LogP contribution in [0.25, 0.3) is 0 Å². The maximum atomic E-state index is 13.2. The van der Waals surface area contributed by atoms with E-state index in [1.165, 1.54) is 109 Å². The Bertz CT molecular complexity index is 1400. The lowest BCUT2D eigenvalue weighted by molar-refractivity contribution is -0.150. The number of ether oxygens (including phenoxy) is 1. The van der Waals surface area contributed by atoms with Gasteiger partial charge in [0.05, 0.1) is 25.2 Å². The van der Waals surface area contributed by atoms with Crippen LogP contribution in [-0.4, -0.2) is 46.9 Å². The Kier molecular flexibility index (Phi) is 52.7. The molecule has 0 bridgehead atoms. The van der Waals surface area contributed by atoms with E-state index in [1.54, 1.807) is 0 Å². The van der Waals surface area contributed by atoms with Crippen LogP contribution in [0.2, 0.25) is 0 Å². The molecule has 0 aliphatic heterocycles. The van der Waals surface area contributed by atoms with Gasteiger partial charge in [0.25, 0.3) is 0 Å². The molecular weight excluding hydrogens is 851 g/mol. The molecule has 3 N–H and O–H groups in total. The predicted molar refractivity (Wildman–Crippen MR) is 300 cm³/mol. The smallest absolute Gasteiger partial charge is 0.306 e. The molecular formula is C63H107NO5. The molecule has 0 saturated heterocycles. The van der Waals surface area contributed by atoms with Crippen LogP contribution in [0.15, 0.2) is 109 Å². The molecule has 0 saturated carbocycles. The summed E-state index contributed by atoms with van der Waals surface area (Å²) in [6.07, 6.45) is 76.0. The molecule has 0 spiro atoms. The highest BCUT2D eigenvalue weighted by Gasteiger charge is 2.23. The van der Waals surface area contributed by atoms with Gasteiger partial charge in [-0.15, -0.1) is 0 Å². The summed E-state index contributed by atoms with van der Waals surface area (Å²) in [5.74, 6) is -0.621. The van der Waals surface area contributed by atoms with Crippen LogP contribution in [-0.2, 0) is 14.3 Å². The lowest BCUT2D eigenvalue weighted by Gasteiger charge is -2.24. The van der Waals surface area contributed by atoms with E-state index in [0.29, 0.717) is 19.3 Å². The highest BCUT2D eigenvalue weighted by atomic mass is 16.5. The minimum atomic E-state index is -0.825. The number of unbranched alkanes of at least 4 members (excludes halogenated alkanes) is 21. The van der Waals surface area contributed by atoms with Crippen LogP contribution in [0, 0.1) is 0 Å². The molecule has 6 heteroatoms. The molecule has 6 nitrogen and oxygen atoms in total. The number of carbonyl (C=O) groups is 2. The molecule has 0 heterocycles. The van der Waals surface area contributed by atoms with Gasteiger partial charge in [-0.1, -0.05) is 252 Å². The third kappa shape index (κ3) is 50.7. The Labute approximate surface area is 426 Å². The second kappa shape index (κ2) is 55.4. The molecule has 3 unspecified atom stereocenters. The van der Waals surface area contributed by atoms with Crippen LogP contribution < -0.4 is 5.32 Å². The normalized spacial score (nSPS) is 14.0. The van der Waals surface area contributed by atoms with Gasteiger partial charge in [-0.3, -0.25) is 9.59 Å². The molecule has 394 valence electrons. The molecule has 0 radical (unpaired) electrons. The van der Waals surface area contributed by atoms with Gasteiger partial charge >= 0.3 is 5.97 Å². The van der Waals surface area contributed by atoms with Gasteiger partial charge in [0.1, 0.15) is 6.10 Å². The third-order valence-corrected chi connectivity index (χ3v) is 12.3. The molecule has 0 fully saturated rings. The van der Waals surface area contributed by atoms with E-state index in [0.717, 1.165) is 96.3 Å². The summed E-state index contributed by atoms with van der Waals surface area (Å²) in [6, 6.07) is -0.747. The summed E-state index contributed by atoms with van der Waals surface area (Å²) in [7, 11) is 0. The first-order valence-electron chi connectivity index (χ1n) is 28.6. The van der Waals surface area contributed by atoms with Crippen molar-refractivity contribution in [3.05, 3.63) is 109 Å². The highest BCUT2D eigenvalue weighted by Crippen LogP contribution is 2.16. The number of esters is 1. The molecule has 0 aliphatic carbocycles. The average molecular weight is 959 g/mol. The second-order valence-corrected chi connectivity index (χ2v) is 19.0. The van der Waals surface area contributed by atoms with Crippen LogP contribution >= 0.6 is 0 Å². The van der Waals surface area contributed by atoms with E-state index < -0.39 is 18.2 Å². The van der Waals surface area contributed by atoms with Gasteiger partial charge in [-0.2, -0.15) is 0 Å². The van der Waals surface area contributed by atoms with Gasteiger partial charge in [0, 0.05) is 12.8 Å². The number of hydrogen-bond acceptors (Lipinski definition) is 5. The van der Waals surface area contributed by atoms with Crippen molar-refractivity contribution in [2.24, 2.45) is 0 Å². The maximum Gasteiger partial charge on any atom is 0.306 e. The average Bonchev–Trinajstić information content (AvgIpc) is 3.34. The number of aliphatic hydroxyl groups excluding tert-OH is 2. The number of carbonyl (C=O) groups excluding carboxylic acids is 2. The molecule has 3 atom stereocenters. The van der Waals surface area contributed by atoms with Crippen LogP contribution in [0.1, 0.15) is 252 Å². The van der Waals surface area contributed by atoms with Crippen LogP contribution in [0.3, 0.4) is 0 Å². The third-order valence-electron chi connectivity index (χ3n) is 12.3. The molecule has 0 aromatic carbocycles. The Morgan fingerprint density at radius 1 is 0.449 bits per heavy atom. The van der Waals surface area contributed by atoms with Crippen molar-refractivity contribution >= 4 is 11.9 Å². The van der Waals surface area contributed by atoms with E-state index in [1.807, 2.05) is 12.2 Å². The van der Waals surface area contributed by atoms with Gasteiger partial charge in [0.2, 0.25) is 5.91 Å². The summed E-state index contributed by atoms with van der Waals surface area (Å²) in [6.45, 7) is 6.32. The molecule has 0 rings (SSSR count). The van der Waals surface area contributed by atoms with Crippen molar-refractivity contribution in [3.63, 3.8) is 0 Å². The zero-order valence-corrected chi connectivity index (χ0v) is 44.9. The van der Waals surface area contributed by atoms with Crippen molar-refractivity contribution in [1.82, 2.24) is 5.32 Å². The largest absolute Gasteiger partial charge is 0.461 e. The number of allylic oxidation sites excluding steroid dienone is 17. The number of nitrogens with one attached hydrogen (secondary N) is 1. The Balaban J connectivity index is 4.73. The van der Waals surface area contributed by atoms with Gasteiger partial charge < -0.3 is 20.3 Å². The van der Waals surface area contributed by atoms with Crippen molar-refractivity contribution in [1.29, 1.82) is 0 Å². The molecule has 0 aromatic rings. The minimum Gasteiger partial charge on any atom is -0.461 e. The Morgan fingerprint density at radius 3 is 1.25 bits per heavy atom. The summed E-state index contributed by atoms with van der Waals surface area (Å²) in [5.41, 5.74) is 0. The molecule has 1 amide bonds. The monoisotopic (exact) mass is 958 g/mol. The van der Waals surface area contributed by atoms with E-state index in [9.17, 15) is 19.8 Å². The fourth-order valence-corrected chi connectivity index (χ4v) is 8.02.